The van der Waals surface area contributed by atoms with E-state index in [9.17, 15) is 19.2 Å². The Morgan fingerprint density at radius 1 is 0.778 bits per heavy atom. The number of ether oxygens (including phenoxy) is 5. The first-order chi connectivity index (χ1) is 12.6. The van der Waals surface area contributed by atoms with Gasteiger partial charge < -0.3 is 23.7 Å². The molecule has 0 spiro atoms. The molecule has 0 saturated carbocycles. The quantitative estimate of drug-likeness (QED) is 0.331. The van der Waals surface area contributed by atoms with E-state index in [0.717, 1.165) is 0 Å². The van der Waals surface area contributed by atoms with Crippen molar-refractivity contribution in [2.45, 2.75) is 71.1 Å². The number of hydrogen-bond acceptors (Lipinski definition) is 9. The maximum absolute atomic E-state index is 11.6. The summed E-state index contributed by atoms with van der Waals surface area (Å²) in [5.74, 6) is -2.14. The highest BCUT2D eigenvalue weighted by atomic mass is 35.5. The van der Waals surface area contributed by atoms with Gasteiger partial charge >= 0.3 is 23.9 Å². The van der Waals surface area contributed by atoms with Gasteiger partial charge in [0.1, 0.15) is 12.7 Å². The summed E-state index contributed by atoms with van der Waals surface area (Å²) < 4.78 is 26.8. The van der Waals surface area contributed by atoms with E-state index in [2.05, 4.69) is 0 Å². The Balaban J connectivity index is 3.22. The molecular weight excluding hydrogens is 384 g/mol. The molecule has 0 bridgehead atoms. The molecule has 0 aromatic heterocycles. The number of carbonyl (C=O) groups is 4. The highest BCUT2D eigenvalue weighted by Gasteiger charge is 2.51. The summed E-state index contributed by atoms with van der Waals surface area (Å²) >= 11 is 5.74. The van der Waals surface area contributed by atoms with Crippen LogP contribution in [0.1, 0.15) is 40.5 Å². The molecule has 27 heavy (non-hydrogen) atoms. The summed E-state index contributed by atoms with van der Waals surface area (Å²) in [6.45, 7) is 4.55. The number of alkyl halides is 1. The molecule has 3 unspecified atom stereocenters. The highest BCUT2D eigenvalue weighted by molar-refractivity contribution is 6.17. The van der Waals surface area contributed by atoms with Gasteiger partial charge in [-0.2, -0.15) is 0 Å². The molecule has 0 radical (unpaired) electrons. The molecule has 9 nitrogen and oxygen atoms in total. The van der Waals surface area contributed by atoms with Crippen molar-refractivity contribution in [2.24, 2.45) is 0 Å². The van der Waals surface area contributed by atoms with Crippen LogP contribution in [0, 0.1) is 0 Å². The van der Waals surface area contributed by atoms with Crippen LogP contribution >= 0.6 is 11.6 Å². The van der Waals surface area contributed by atoms with Crippen LogP contribution in [0.15, 0.2) is 0 Å². The Morgan fingerprint density at radius 3 is 1.70 bits per heavy atom. The molecule has 1 aliphatic heterocycles. The first-order valence-electron chi connectivity index (χ1n) is 8.52. The van der Waals surface area contributed by atoms with Gasteiger partial charge in [-0.15, -0.1) is 11.6 Å². The van der Waals surface area contributed by atoms with Crippen LogP contribution in [-0.2, 0) is 42.9 Å². The van der Waals surface area contributed by atoms with E-state index in [1.54, 1.807) is 0 Å². The lowest BCUT2D eigenvalue weighted by Gasteiger charge is -2.44. The van der Waals surface area contributed by atoms with Crippen LogP contribution in [0.3, 0.4) is 0 Å². The molecule has 1 heterocycles. The second-order valence-corrected chi connectivity index (χ2v) is 6.45. The zero-order valence-electron chi connectivity index (χ0n) is 15.8. The molecule has 5 atom stereocenters. The largest absolute Gasteiger partial charge is 0.463 e. The SMILES string of the molecule is CC(=O)OCC1O[C@H](CCCCl)C(OC(C)=O)C(OC(C)=O)[C@@H]1OC(C)=O. The van der Waals surface area contributed by atoms with Gasteiger partial charge in [-0.25, -0.2) is 0 Å². The van der Waals surface area contributed by atoms with Crippen LogP contribution in [0.25, 0.3) is 0 Å². The minimum Gasteiger partial charge on any atom is -0.463 e. The van der Waals surface area contributed by atoms with Crippen LogP contribution in [0.5, 0.6) is 0 Å². The lowest BCUT2D eigenvalue weighted by atomic mass is 9.92. The van der Waals surface area contributed by atoms with Crippen molar-refractivity contribution in [3.63, 3.8) is 0 Å². The summed E-state index contributed by atoms with van der Waals surface area (Å²) in [5.41, 5.74) is 0. The average molecular weight is 409 g/mol. The molecule has 0 aromatic carbocycles. The normalized spacial score (nSPS) is 27.4. The number of halogens is 1. The Hall–Kier alpha value is -1.87. The molecule has 0 aromatic rings. The third kappa shape index (κ3) is 7.72. The van der Waals surface area contributed by atoms with E-state index in [1.807, 2.05) is 0 Å². The molecule has 1 rings (SSSR count). The highest BCUT2D eigenvalue weighted by Crippen LogP contribution is 2.31. The average Bonchev–Trinajstić information content (AvgIpc) is 2.54. The summed E-state index contributed by atoms with van der Waals surface area (Å²) in [4.78, 5) is 45.9. The summed E-state index contributed by atoms with van der Waals surface area (Å²) in [6, 6.07) is 0. The van der Waals surface area contributed by atoms with Crippen LogP contribution < -0.4 is 0 Å². The third-order valence-corrected chi connectivity index (χ3v) is 3.98. The van der Waals surface area contributed by atoms with E-state index in [4.69, 9.17) is 35.3 Å². The first-order valence-corrected chi connectivity index (χ1v) is 9.05. The molecule has 10 heteroatoms. The molecule has 0 N–H and O–H groups in total. The van der Waals surface area contributed by atoms with Gasteiger partial charge in [0.25, 0.3) is 0 Å². The Bertz CT molecular complexity index is 551. The summed E-state index contributed by atoms with van der Waals surface area (Å²) in [6.07, 6.45) is -3.92. The smallest absolute Gasteiger partial charge is 0.303 e. The van der Waals surface area contributed by atoms with E-state index in [0.29, 0.717) is 18.7 Å². The fourth-order valence-electron chi connectivity index (χ4n) is 2.83. The maximum atomic E-state index is 11.6. The van der Waals surface area contributed by atoms with Crippen molar-refractivity contribution >= 4 is 35.5 Å². The van der Waals surface area contributed by atoms with Crippen molar-refractivity contribution in [1.82, 2.24) is 0 Å². The third-order valence-electron chi connectivity index (χ3n) is 3.71. The predicted octanol–water partition coefficient (Wildman–Crippen LogP) is 1.13. The minimum absolute atomic E-state index is 0.227. The van der Waals surface area contributed by atoms with Gasteiger partial charge in [0.05, 0.1) is 6.10 Å². The first kappa shape index (κ1) is 23.2. The van der Waals surface area contributed by atoms with E-state index >= 15 is 0 Å². The summed E-state index contributed by atoms with van der Waals surface area (Å²) in [5, 5.41) is 0. The predicted molar refractivity (Wildman–Crippen MR) is 91.9 cm³/mol. The van der Waals surface area contributed by atoms with Gasteiger partial charge in [0, 0.05) is 33.6 Å². The molecular formula is C17H25ClO9. The van der Waals surface area contributed by atoms with Crippen molar-refractivity contribution in [1.29, 1.82) is 0 Å². The van der Waals surface area contributed by atoms with Gasteiger partial charge in [0.2, 0.25) is 0 Å². The van der Waals surface area contributed by atoms with Crippen LogP contribution in [0.2, 0.25) is 0 Å². The van der Waals surface area contributed by atoms with Gasteiger partial charge in [-0.3, -0.25) is 19.2 Å². The number of esters is 4. The molecule has 1 fully saturated rings. The lowest BCUT2D eigenvalue weighted by molar-refractivity contribution is -0.253. The molecule has 0 aliphatic carbocycles. The fourth-order valence-corrected chi connectivity index (χ4v) is 2.98. The Morgan fingerprint density at radius 2 is 1.26 bits per heavy atom. The Kier molecular flexibility index (Phi) is 9.51. The van der Waals surface area contributed by atoms with Crippen molar-refractivity contribution in [3.05, 3.63) is 0 Å². The second-order valence-electron chi connectivity index (χ2n) is 6.07. The maximum Gasteiger partial charge on any atom is 0.303 e. The van der Waals surface area contributed by atoms with Crippen molar-refractivity contribution < 1.29 is 42.9 Å². The standard InChI is InChI=1S/C17H25ClO9/c1-9(19)23-8-14-16(25-11(3)21)17(26-12(4)22)15(24-10(2)20)13(27-14)6-5-7-18/h13-17H,5-8H2,1-4H3/t13-,14?,15?,16-,17?/m1/s1. The zero-order valence-corrected chi connectivity index (χ0v) is 16.5. The van der Waals surface area contributed by atoms with Crippen molar-refractivity contribution in [2.75, 3.05) is 12.5 Å². The van der Waals surface area contributed by atoms with Gasteiger partial charge in [0.15, 0.2) is 18.3 Å². The number of carbonyl (C=O) groups excluding carboxylic acids is 4. The van der Waals surface area contributed by atoms with E-state index in [-0.39, 0.29) is 6.61 Å². The second kappa shape index (κ2) is 11.1. The molecule has 154 valence electrons. The van der Waals surface area contributed by atoms with Crippen molar-refractivity contribution in [3.8, 4) is 0 Å². The van der Waals surface area contributed by atoms with Gasteiger partial charge in [-0.1, -0.05) is 0 Å². The van der Waals surface area contributed by atoms with Crippen LogP contribution in [-0.4, -0.2) is 66.9 Å². The van der Waals surface area contributed by atoms with E-state index in [1.165, 1.54) is 27.7 Å². The zero-order chi connectivity index (χ0) is 20.6. The summed E-state index contributed by atoms with van der Waals surface area (Å²) in [7, 11) is 0. The van der Waals surface area contributed by atoms with E-state index < -0.39 is 54.4 Å². The lowest BCUT2D eigenvalue weighted by Crippen LogP contribution is -2.62. The monoisotopic (exact) mass is 408 g/mol. The Labute approximate surface area is 162 Å². The molecule has 1 aliphatic rings. The molecule has 0 amide bonds. The number of hydrogen-bond donors (Lipinski definition) is 0. The topological polar surface area (TPSA) is 114 Å². The number of rotatable bonds is 8. The van der Waals surface area contributed by atoms with Crippen LogP contribution in [0.4, 0.5) is 0 Å². The minimum atomic E-state index is -1.12. The fraction of sp³-hybridized carbons (Fsp3) is 0.765. The van der Waals surface area contributed by atoms with Gasteiger partial charge in [-0.05, 0) is 12.8 Å². The molecule has 1 saturated heterocycles.